The molecule has 0 saturated heterocycles. The molecule has 0 aliphatic heterocycles. The lowest BCUT2D eigenvalue weighted by atomic mass is 10.2. The first-order chi connectivity index (χ1) is 8.81. The summed E-state index contributed by atoms with van der Waals surface area (Å²) in [5.74, 6) is -1.84. The minimum atomic E-state index is -1.13. The van der Waals surface area contributed by atoms with Crippen molar-refractivity contribution in [2.24, 2.45) is 5.92 Å². The number of hydrogen-bond acceptors (Lipinski definition) is 3. The van der Waals surface area contributed by atoms with Crippen LogP contribution in [0.4, 0.5) is 4.39 Å². The van der Waals surface area contributed by atoms with Crippen molar-refractivity contribution >= 4 is 5.97 Å². The Kier molecular flexibility index (Phi) is 5.30. The van der Waals surface area contributed by atoms with Crippen molar-refractivity contribution in [1.29, 1.82) is 0 Å². The molecule has 0 fully saturated rings. The molecule has 0 saturated carbocycles. The predicted octanol–water partition coefficient (Wildman–Crippen LogP) is 3.31. The highest BCUT2D eigenvalue weighted by Gasteiger charge is 2.20. The maximum atomic E-state index is 13.6. The first kappa shape index (κ1) is 15.4. The Balaban J connectivity index is 2.95. The van der Waals surface area contributed by atoms with Crippen LogP contribution in [-0.2, 0) is 4.74 Å². The minimum Gasteiger partial charge on any atom is -0.478 e. The molecule has 0 spiro atoms. The van der Waals surface area contributed by atoms with E-state index in [9.17, 15) is 9.18 Å². The molecule has 106 valence electrons. The van der Waals surface area contributed by atoms with E-state index in [1.54, 1.807) is 0 Å². The van der Waals surface area contributed by atoms with Crippen molar-refractivity contribution in [2.75, 3.05) is 0 Å². The van der Waals surface area contributed by atoms with Gasteiger partial charge < -0.3 is 14.6 Å². The molecule has 1 unspecified atom stereocenters. The molecule has 0 aliphatic carbocycles. The molecule has 0 aromatic heterocycles. The molecule has 4 nitrogen and oxygen atoms in total. The van der Waals surface area contributed by atoms with Crippen LogP contribution in [0.1, 0.15) is 38.1 Å². The Labute approximate surface area is 112 Å². The second kappa shape index (κ2) is 6.52. The van der Waals surface area contributed by atoms with Gasteiger partial charge in [0.2, 0.25) is 6.29 Å². The van der Waals surface area contributed by atoms with Gasteiger partial charge in [-0.25, -0.2) is 9.18 Å². The van der Waals surface area contributed by atoms with Crippen molar-refractivity contribution in [1.82, 2.24) is 0 Å². The van der Waals surface area contributed by atoms with Gasteiger partial charge in [-0.1, -0.05) is 13.8 Å². The number of carbonyl (C=O) groups is 1. The monoisotopic (exact) mass is 270 g/mol. The van der Waals surface area contributed by atoms with Gasteiger partial charge in [0.25, 0.3) is 0 Å². The largest absolute Gasteiger partial charge is 0.478 e. The van der Waals surface area contributed by atoms with Crippen LogP contribution in [0.3, 0.4) is 0 Å². The van der Waals surface area contributed by atoms with E-state index in [0.717, 1.165) is 12.1 Å². The molecule has 1 rings (SSSR count). The zero-order valence-electron chi connectivity index (χ0n) is 11.5. The highest BCUT2D eigenvalue weighted by molar-refractivity contribution is 5.88. The highest BCUT2D eigenvalue weighted by atomic mass is 19.1. The van der Waals surface area contributed by atoms with Crippen LogP contribution < -0.4 is 4.74 Å². The summed E-state index contributed by atoms with van der Waals surface area (Å²) < 4.78 is 24.6. The molecule has 0 bridgehead atoms. The van der Waals surface area contributed by atoms with Gasteiger partial charge in [0, 0.05) is 5.92 Å². The first-order valence-corrected chi connectivity index (χ1v) is 6.16. The summed E-state index contributed by atoms with van der Waals surface area (Å²) in [4.78, 5) is 10.9. The molecule has 0 amide bonds. The summed E-state index contributed by atoms with van der Waals surface area (Å²) in [7, 11) is 0. The standard InChI is InChI=1S/C14H19FO4/c1-8(2)14(18-9(3)4)19-12-7-10(13(16)17)5-6-11(12)15/h5-9,14H,1-4H3,(H,16,17). The molecule has 0 heterocycles. The van der Waals surface area contributed by atoms with E-state index in [1.807, 2.05) is 27.7 Å². The number of aromatic carboxylic acids is 1. The molecule has 1 aromatic rings. The Morgan fingerprint density at radius 1 is 1.26 bits per heavy atom. The van der Waals surface area contributed by atoms with Gasteiger partial charge in [0.05, 0.1) is 11.7 Å². The maximum Gasteiger partial charge on any atom is 0.335 e. The smallest absolute Gasteiger partial charge is 0.335 e. The summed E-state index contributed by atoms with van der Waals surface area (Å²) >= 11 is 0. The zero-order chi connectivity index (χ0) is 14.6. The third-order valence-corrected chi connectivity index (χ3v) is 2.37. The summed E-state index contributed by atoms with van der Waals surface area (Å²) in [6, 6.07) is 3.43. The Morgan fingerprint density at radius 2 is 1.89 bits per heavy atom. The molecule has 1 aromatic carbocycles. The number of carboxylic acids is 1. The van der Waals surface area contributed by atoms with Gasteiger partial charge in [0.15, 0.2) is 11.6 Å². The number of hydrogen-bond donors (Lipinski definition) is 1. The third kappa shape index (κ3) is 4.52. The fourth-order valence-corrected chi connectivity index (χ4v) is 1.44. The van der Waals surface area contributed by atoms with E-state index in [2.05, 4.69) is 0 Å². The SMILES string of the molecule is CC(C)OC(Oc1cc(C(=O)O)ccc1F)C(C)C. The van der Waals surface area contributed by atoms with Gasteiger partial charge in [-0.05, 0) is 32.0 Å². The molecule has 1 atom stereocenters. The average Bonchev–Trinajstić information content (AvgIpc) is 2.29. The summed E-state index contributed by atoms with van der Waals surface area (Å²) in [5.41, 5.74) is -0.0246. The second-order valence-corrected chi connectivity index (χ2v) is 4.87. The lowest BCUT2D eigenvalue weighted by molar-refractivity contribution is -0.133. The summed E-state index contributed by atoms with van der Waals surface area (Å²) in [6.07, 6.45) is -0.698. The van der Waals surface area contributed by atoms with Crippen molar-refractivity contribution < 1.29 is 23.8 Å². The van der Waals surface area contributed by atoms with Crippen LogP contribution >= 0.6 is 0 Å². The van der Waals surface area contributed by atoms with E-state index in [-0.39, 0.29) is 23.3 Å². The van der Waals surface area contributed by atoms with Gasteiger partial charge in [0.1, 0.15) is 0 Å². The Hall–Kier alpha value is -1.62. The van der Waals surface area contributed by atoms with E-state index >= 15 is 0 Å². The van der Waals surface area contributed by atoms with Crippen LogP contribution in [0.5, 0.6) is 5.75 Å². The van der Waals surface area contributed by atoms with Gasteiger partial charge in [-0.2, -0.15) is 0 Å². The van der Waals surface area contributed by atoms with Crippen molar-refractivity contribution in [2.45, 2.75) is 40.1 Å². The molecule has 0 radical (unpaired) electrons. The molecule has 1 N–H and O–H groups in total. The van der Waals surface area contributed by atoms with Crippen molar-refractivity contribution in [3.8, 4) is 5.75 Å². The predicted molar refractivity (Wildman–Crippen MR) is 68.8 cm³/mol. The van der Waals surface area contributed by atoms with Gasteiger partial charge >= 0.3 is 5.97 Å². The normalized spacial score (nSPS) is 12.8. The molecule has 0 aliphatic rings. The lowest BCUT2D eigenvalue weighted by Gasteiger charge is -2.25. The second-order valence-electron chi connectivity index (χ2n) is 4.87. The van der Waals surface area contributed by atoms with E-state index in [0.29, 0.717) is 0 Å². The molecule has 5 heteroatoms. The van der Waals surface area contributed by atoms with Crippen LogP contribution in [0.25, 0.3) is 0 Å². The number of ether oxygens (including phenoxy) is 2. The fourth-order valence-electron chi connectivity index (χ4n) is 1.44. The zero-order valence-corrected chi connectivity index (χ0v) is 11.5. The number of rotatable bonds is 6. The topological polar surface area (TPSA) is 55.8 Å². The minimum absolute atomic E-state index is 0.00952. The number of halogens is 1. The van der Waals surface area contributed by atoms with E-state index in [4.69, 9.17) is 14.6 Å². The molecular formula is C14H19FO4. The van der Waals surface area contributed by atoms with Crippen LogP contribution in [0.15, 0.2) is 18.2 Å². The Bertz CT molecular complexity index is 443. The fraction of sp³-hybridized carbons (Fsp3) is 0.500. The quantitative estimate of drug-likeness (QED) is 0.806. The Morgan fingerprint density at radius 3 is 2.37 bits per heavy atom. The first-order valence-electron chi connectivity index (χ1n) is 6.16. The molecule has 19 heavy (non-hydrogen) atoms. The van der Waals surface area contributed by atoms with Crippen LogP contribution in [-0.4, -0.2) is 23.5 Å². The summed E-state index contributed by atoms with van der Waals surface area (Å²) in [6.45, 7) is 7.46. The van der Waals surface area contributed by atoms with Gasteiger partial charge in [-0.15, -0.1) is 0 Å². The van der Waals surface area contributed by atoms with Gasteiger partial charge in [-0.3, -0.25) is 0 Å². The number of carboxylic acid groups (broad SMARTS) is 1. The van der Waals surface area contributed by atoms with Crippen molar-refractivity contribution in [3.63, 3.8) is 0 Å². The summed E-state index contributed by atoms with van der Waals surface area (Å²) in [5, 5.41) is 8.88. The molecular weight excluding hydrogens is 251 g/mol. The third-order valence-electron chi connectivity index (χ3n) is 2.37. The van der Waals surface area contributed by atoms with E-state index in [1.165, 1.54) is 6.07 Å². The van der Waals surface area contributed by atoms with Crippen LogP contribution in [0, 0.1) is 11.7 Å². The van der Waals surface area contributed by atoms with E-state index < -0.39 is 18.1 Å². The highest BCUT2D eigenvalue weighted by Crippen LogP contribution is 2.23. The average molecular weight is 270 g/mol. The lowest BCUT2D eigenvalue weighted by Crippen LogP contribution is -2.29. The number of benzene rings is 1. The van der Waals surface area contributed by atoms with Crippen molar-refractivity contribution in [3.05, 3.63) is 29.6 Å². The van der Waals surface area contributed by atoms with Crippen LogP contribution in [0.2, 0.25) is 0 Å². The maximum absolute atomic E-state index is 13.6.